The molecule has 0 fully saturated rings. The first-order valence-electron chi connectivity index (χ1n) is 18.9. The Labute approximate surface area is 318 Å². The molecule has 0 saturated carbocycles. The Morgan fingerprint density at radius 1 is 0.327 bits per heavy atom. The second-order valence-corrected chi connectivity index (χ2v) is 14.6. The second-order valence-electron chi connectivity index (χ2n) is 14.6. The third-order valence-electron chi connectivity index (χ3n) is 11.6. The smallest absolute Gasteiger partial charge is 0.0626 e. The molecule has 1 aliphatic carbocycles. The van der Waals surface area contributed by atoms with Crippen LogP contribution in [0, 0.1) is 0 Å². The Morgan fingerprint density at radius 3 is 1.64 bits per heavy atom. The fourth-order valence-corrected chi connectivity index (χ4v) is 9.25. The van der Waals surface area contributed by atoms with Gasteiger partial charge in [0.05, 0.1) is 22.2 Å². The predicted octanol–water partition coefficient (Wildman–Crippen LogP) is 14.2. The Balaban J connectivity index is 1.15. The molecule has 0 bridgehead atoms. The molecule has 0 amide bonds. The van der Waals surface area contributed by atoms with E-state index in [-0.39, 0.29) is 0 Å². The predicted molar refractivity (Wildman–Crippen MR) is 232 cm³/mol. The molecule has 55 heavy (non-hydrogen) atoms. The Hall–Kier alpha value is -7.36. The Kier molecular flexibility index (Phi) is 6.34. The molecular weight excluding hydrogens is 667 g/mol. The summed E-state index contributed by atoms with van der Waals surface area (Å²) in [5.41, 5.74) is 14.3. The van der Waals surface area contributed by atoms with Crippen molar-refractivity contribution in [3.8, 4) is 33.8 Å². The zero-order valence-corrected chi connectivity index (χ0v) is 29.9. The van der Waals surface area contributed by atoms with Crippen LogP contribution in [-0.4, -0.2) is 9.13 Å². The number of aromatic nitrogens is 2. The minimum absolute atomic E-state index is 1.10. The van der Waals surface area contributed by atoms with Gasteiger partial charge in [-0.1, -0.05) is 133 Å². The van der Waals surface area contributed by atoms with Crippen LogP contribution < -0.4 is 4.90 Å². The molecule has 0 atom stereocenters. The molecule has 2 aromatic heterocycles. The third kappa shape index (κ3) is 4.38. The highest BCUT2D eigenvalue weighted by molar-refractivity contribution is 6.22. The van der Waals surface area contributed by atoms with Crippen LogP contribution >= 0.6 is 0 Å². The first kappa shape index (κ1) is 30.1. The molecule has 0 N–H and O–H groups in total. The number of anilines is 3. The quantitative estimate of drug-likeness (QED) is 0.174. The summed E-state index contributed by atoms with van der Waals surface area (Å²) in [4.78, 5) is 2.43. The molecule has 3 nitrogen and oxygen atoms in total. The van der Waals surface area contributed by atoms with Crippen LogP contribution in [0.25, 0.3) is 88.0 Å². The highest BCUT2D eigenvalue weighted by Gasteiger charge is 2.30. The van der Waals surface area contributed by atoms with E-state index < -0.39 is 0 Å². The maximum absolute atomic E-state index is 2.48. The number of benzene rings is 9. The van der Waals surface area contributed by atoms with Crippen molar-refractivity contribution >= 4 is 71.3 Å². The summed E-state index contributed by atoms with van der Waals surface area (Å²) in [6.45, 7) is 0. The molecule has 0 unspecified atom stereocenters. The van der Waals surface area contributed by atoms with Gasteiger partial charge in [-0.25, -0.2) is 0 Å². The molecule has 9 aromatic carbocycles. The van der Waals surface area contributed by atoms with E-state index in [1.54, 1.807) is 0 Å². The van der Waals surface area contributed by atoms with Crippen molar-refractivity contribution in [3.05, 3.63) is 200 Å². The zero-order valence-electron chi connectivity index (χ0n) is 29.9. The summed E-state index contributed by atoms with van der Waals surface area (Å²) in [6, 6.07) is 73.2. The third-order valence-corrected chi connectivity index (χ3v) is 11.6. The van der Waals surface area contributed by atoms with Gasteiger partial charge < -0.3 is 14.0 Å². The lowest BCUT2D eigenvalue weighted by Crippen LogP contribution is -2.10. The normalized spacial score (nSPS) is 12.0. The largest absolute Gasteiger partial charge is 0.310 e. The molecule has 11 aromatic rings. The van der Waals surface area contributed by atoms with Crippen molar-refractivity contribution in [1.29, 1.82) is 0 Å². The van der Waals surface area contributed by atoms with Gasteiger partial charge in [-0.3, -0.25) is 0 Å². The highest BCUT2D eigenvalue weighted by atomic mass is 15.1. The van der Waals surface area contributed by atoms with Crippen LogP contribution in [-0.2, 0) is 0 Å². The fourth-order valence-electron chi connectivity index (χ4n) is 9.25. The Morgan fingerprint density at radius 2 is 0.873 bits per heavy atom. The first-order chi connectivity index (χ1) is 27.3. The van der Waals surface area contributed by atoms with Crippen molar-refractivity contribution in [3.63, 3.8) is 0 Å². The summed E-state index contributed by atoms with van der Waals surface area (Å²) in [6.07, 6.45) is 0. The van der Waals surface area contributed by atoms with Crippen LogP contribution in [0.4, 0.5) is 17.1 Å². The van der Waals surface area contributed by atoms with Crippen molar-refractivity contribution in [2.24, 2.45) is 0 Å². The van der Waals surface area contributed by atoms with Gasteiger partial charge in [0.1, 0.15) is 0 Å². The number of nitrogens with zero attached hydrogens (tertiary/aromatic N) is 3. The highest BCUT2D eigenvalue weighted by Crippen LogP contribution is 2.53. The molecule has 1 aliphatic rings. The molecule has 3 heteroatoms. The molecule has 12 rings (SSSR count). The topological polar surface area (TPSA) is 13.1 Å². The van der Waals surface area contributed by atoms with E-state index in [1.165, 1.54) is 76.6 Å². The van der Waals surface area contributed by atoms with Gasteiger partial charge in [-0.05, 0) is 93.8 Å². The molecule has 0 saturated heterocycles. The van der Waals surface area contributed by atoms with E-state index in [4.69, 9.17) is 0 Å². The summed E-state index contributed by atoms with van der Waals surface area (Å²) in [5.74, 6) is 0. The van der Waals surface area contributed by atoms with Crippen molar-refractivity contribution in [1.82, 2.24) is 9.13 Å². The van der Waals surface area contributed by atoms with Gasteiger partial charge >= 0.3 is 0 Å². The second kappa shape index (κ2) is 11.6. The summed E-state index contributed by atoms with van der Waals surface area (Å²) in [5, 5.41) is 8.79. The van der Waals surface area contributed by atoms with Crippen LogP contribution in [0.2, 0.25) is 0 Å². The number of hydrogen-bond acceptors (Lipinski definition) is 1. The monoisotopic (exact) mass is 699 g/mol. The van der Waals surface area contributed by atoms with Crippen molar-refractivity contribution < 1.29 is 0 Å². The number of hydrogen-bond donors (Lipinski definition) is 0. The molecule has 0 aliphatic heterocycles. The SMILES string of the molecule is c1ccc(-n2c3c(c4ccc(N(c5ccc6ccccc6c5)c5ccc6c7ccccc7n(-c7ccccc7)c6c5)cc42)-c2cccc4cccc-3c24)cc1. The number of para-hydroxylation sites is 3. The lowest BCUT2D eigenvalue weighted by molar-refractivity contribution is 1.14. The molecule has 0 radical (unpaired) electrons. The standard InChI is InChI=1S/C52H33N3/c1-3-17-37(18-4-1)54-47-24-10-9-21-42(47)43-29-27-40(32-48(43)54)53(39-26-25-34-13-7-8-14-36(34)31-39)41-28-30-44-49(33-41)55(38-19-5-2-6-20-38)52-46-23-12-16-35-15-11-22-45(50(35)46)51(44)52/h1-33H. The fraction of sp³-hybridized carbons (Fsp3) is 0. The molecule has 2 heterocycles. The first-order valence-corrected chi connectivity index (χ1v) is 18.9. The van der Waals surface area contributed by atoms with Crippen LogP contribution in [0.3, 0.4) is 0 Å². The van der Waals surface area contributed by atoms with Gasteiger partial charge in [0, 0.05) is 55.7 Å². The van der Waals surface area contributed by atoms with Gasteiger partial charge in [0.2, 0.25) is 0 Å². The van der Waals surface area contributed by atoms with E-state index in [9.17, 15) is 0 Å². The van der Waals surface area contributed by atoms with Gasteiger partial charge in [0.25, 0.3) is 0 Å². The molecule has 0 spiro atoms. The van der Waals surface area contributed by atoms with Crippen LogP contribution in [0.15, 0.2) is 200 Å². The Bertz CT molecular complexity index is 3310. The van der Waals surface area contributed by atoms with Crippen molar-refractivity contribution in [2.45, 2.75) is 0 Å². The van der Waals surface area contributed by atoms with Gasteiger partial charge in [-0.15, -0.1) is 0 Å². The van der Waals surface area contributed by atoms with Crippen LogP contribution in [0.5, 0.6) is 0 Å². The van der Waals surface area contributed by atoms with E-state index in [2.05, 4.69) is 214 Å². The molecule has 256 valence electrons. The van der Waals surface area contributed by atoms with Gasteiger partial charge in [-0.2, -0.15) is 0 Å². The minimum Gasteiger partial charge on any atom is -0.310 e. The average Bonchev–Trinajstić information content (AvgIpc) is 3.88. The lowest BCUT2D eigenvalue weighted by Gasteiger charge is -2.26. The van der Waals surface area contributed by atoms with E-state index in [0.717, 1.165) is 28.4 Å². The summed E-state index contributed by atoms with van der Waals surface area (Å²) < 4.78 is 4.89. The van der Waals surface area contributed by atoms with E-state index in [1.807, 2.05) is 0 Å². The lowest BCUT2D eigenvalue weighted by atomic mass is 10.0. The number of fused-ring (bicyclic) bond motifs is 9. The number of rotatable bonds is 5. The maximum atomic E-state index is 2.48. The maximum Gasteiger partial charge on any atom is 0.0626 e. The summed E-state index contributed by atoms with van der Waals surface area (Å²) >= 11 is 0. The minimum atomic E-state index is 1.10. The van der Waals surface area contributed by atoms with E-state index >= 15 is 0 Å². The van der Waals surface area contributed by atoms with Crippen molar-refractivity contribution in [2.75, 3.05) is 4.90 Å². The average molecular weight is 700 g/mol. The van der Waals surface area contributed by atoms with Crippen LogP contribution in [0.1, 0.15) is 0 Å². The zero-order chi connectivity index (χ0) is 36.0. The van der Waals surface area contributed by atoms with Gasteiger partial charge in [0.15, 0.2) is 0 Å². The van der Waals surface area contributed by atoms with E-state index in [0.29, 0.717) is 0 Å². The molecular formula is C52H33N3. The summed E-state index contributed by atoms with van der Waals surface area (Å²) in [7, 11) is 0.